The summed E-state index contributed by atoms with van der Waals surface area (Å²) in [5, 5.41) is 0. The fourth-order valence-electron chi connectivity index (χ4n) is 2.16. The van der Waals surface area contributed by atoms with Gasteiger partial charge in [-0.25, -0.2) is 0 Å². The average molecular weight is 264 g/mol. The summed E-state index contributed by atoms with van der Waals surface area (Å²) < 4.78 is 10.3. The Morgan fingerprint density at radius 1 is 1.42 bits per heavy atom. The number of rotatable bonds is 4. The van der Waals surface area contributed by atoms with Crippen LogP contribution in [-0.2, 0) is 16.0 Å². The summed E-state index contributed by atoms with van der Waals surface area (Å²) in [6.45, 7) is 2.68. The number of methoxy groups -OCH3 is 1. The largest absolute Gasteiger partial charge is 0.495 e. The normalized spacial score (nSPS) is 15.3. The van der Waals surface area contributed by atoms with Gasteiger partial charge in [-0.15, -0.1) is 0 Å². The highest BCUT2D eigenvalue weighted by molar-refractivity contribution is 5.76. The number of hydrogen-bond acceptors (Lipinski definition) is 4. The molecular formula is C14H20N2O3. The molecule has 1 aliphatic heterocycles. The number of nitrogens with two attached hydrogens (primary N) is 1. The van der Waals surface area contributed by atoms with E-state index in [0.717, 1.165) is 5.56 Å². The average Bonchev–Trinajstić information content (AvgIpc) is 2.46. The van der Waals surface area contributed by atoms with Gasteiger partial charge in [0.1, 0.15) is 5.75 Å². The molecule has 0 spiro atoms. The van der Waals surface area contributed by atoms with Crippen molar-refractivity contribution in [2.45, 2.75) is 12.8 Å². The van der Waals surface area contributed by atoms with Crippen LogP contribution >= 0.6 is 0 Å². The Morgan fingerprint density at radius 3 is 2.79 bits per heavy atom. The number of nitrogen functional groups attached to an aromatic ring is 1. The van der Waals surface area contributed by atoms with E-state index in [0.29, 0.717) is 50.6 Å². The molecule has 0 saturated carbocycles. The number of carbonyl (C=O) groups is 1. The molecule has 1 fully saturated rings. The molecule has 5 nitrogen and oxygen atoms in total. The second-order valence-corrected chi connectivity index (χ2v) is 4.57. The lowest BCUT2D eigenvalue weighted by atomic mass is 10.1. The van der Waals surface area contributed by atoms with Crippen LogP contribution in [0.5, 0.6) is 5.75 Å². The van der Waals surface area contributed by atoms with E-state index in [2.05, 4.69) is 0 Å². The van der Waals surface area contributed by atoms with Crippen LogP contribution in [0.25, 0.3) is 0 Å². The van der Waals surface area contributed by atoms with Crippen molar-refractivity contribution in [2.75, 3.05) is 39.1 Å². The fourth-order valence-corrected chi connectivity index (χ4v) is 2.16. The maximum atomic E-state index is 12.0. The summed E-state index contributed by atoms with van der Waals surface area (Å²) >= 11 is 0. The Bertz CT molecular complexity index is 442. The van der Waals surface area contributed by atoms with Crippen molar-refractivity contribution >= 4 is 11.6 Å². The van der Waals surface area contributed by atoms with Crippen LogP contribution < -0.4 is 10.5 Å². The van der Waals surface area contributed by atoms with Crippen molar-refractivity contribution in [1.82, 2.24) is 4.90 Å². The highest BCUT2D eigenvalue weighted by Crippen LogP contribution is 2.22. The molecule has 1 heterocycles. The van der Waals surface area contributed by atoms with Gasteiger partial charge >= 0.3 is 0 Å². The number of amides is 1. The van der Waals surface area contributed by atoms with Gasteiger partial charge in [0.25, 0.3) is 0 Å². The zero-order valence-corrected chi connectivity index (χ0v) is 11.2. The van der Waals surface area contributed by atoms with Crippen molar-refractivity contribution in [3.05, 3.63) is 23.8 Å². The molecule has 19 heavy (non-hydrogen) atoms. The molecule has 1 amide bonds. The molecule has 0 radical (unpaired) electrons. The number of nitrogens with zero attached hydrogens (tertiary/aromatic N) is 1. The Morgan fingerprint density at radius 2 is 2.16 bits per heavy atom. The second kappa shape index (κ2) is 6.43. The zero-order valence-electron chi connectivity index (χ0n) is 11.2. The molecule has 1 aromatic carbocycles. The van der Waals surface area contributed by atoms with E-state index in [9.17, 15) is 4.79 Å². The lowest BCUT2D eigenvalue weighted by molar-refractivity contribution is -0.135. The third-order valence-corrected chi connectivity index (χ3v) is 3.29. The molecule has 2 N–H and O–H groups in total. The second-order valence-electron chi connectivity index (χ2n) is 4.57. The Balaban J connectivity index is 1.87. The van der Waals surface area contributed by atoms with Crippen LogP contribution in [0.2, 0.25) is 0 Å². The molecule has 0 unspecified atom stereocenters. The minimum Gasteiger partial charge on any atom is -0.495 e. The molecule has 2 rings (SSSR count). The molecule has 5 heteroatoms. The van der Waals surface area contributed by atoms with Crippen molar-refractivity contribution in [2.24, 2.45) is 0 Å². The summed E-state index contributed by atoms with van der Waals surface area (Å²) in [5.74, 6) is 0.848. The van der Waals surface area contributed by atoms with Gasteiger partial charge in [-0.1, -0.05) is 6.07 Å². The molecule has 0 aliphatic carbocycles. The van der Waals surface area contributed by atoms with Crippen LogP contribution in [0.4, 0.5) is 5.69 Å². The van der Waals surface area contributed by atoms with Gasteiger partial charge in [0.15, 0.2) is 0 Å². The molecule has 0 atom stereocenters. The lowest BCUT2D eigenvalue weighted by Crippen LogP contribution is -2.40. The predicted molar refractivity (Wildman–Crippen MR) is 73.1 cm³/mol. The maximum absolute atomic E-state index is 12.0. The van der Waals surface area contributed by atoms with Crippen LogP contribution in [0.3, 0.4) is 0 Å². The topological polar surface area (TPSA) is 64.8 Å². The number of ether oxygens (including phenoxy) is 2. The summed E-state index contributed by atoms with van der Waals surface area (Å²) in [6.07, 6.45) is 1.20. The third kappa shape index (κ3) is 3.61. The van der Waals surface area contributed by atoms with Crippen molar-refractivity contribution in [1.29, 1.82) is 0 Å². The monoisotopic (exact) mass is 264 g/mol. The standard InChI is InChI=1S/C14H20N2O3/c1-18-13-4-2-11(10-12(13)15)3-5-14(17)16-6-8-19-9-7-16/h2,4,10H,3,5-9,15H2,1H3. The molecular weight excluding hydrogens is 244 g/mol. The molecule has 1 saturated heterocycles. The molecule has 0 bridgehead atoms. The van der Waals surface area contributed by atoms with Gasteiger partial charge in [0, 0.05) is 19.5 Å². The number of hydrogen-bond donors (Lipinski definition) is 1. The van der Waals surface area contributed by atoms with Crippen molar-refractivity contribution in [3.63, 3.8) is 0 Å². The number of benzene rings is 1. The number of morpholine rings is 1. The zero-order chi connectivity index (χ0) is 13.7. The fraction of sp³-hybridized carbons (Fsp3) is 0.500. The van der Waals surface area contributed by atoms with Crippen molar-refractivity contribution < 1.29 is 14.3 Å². The maximum Gasteiger partial charge on any atom is 0.223 e. The third-order valence-electron chi connectivity index (χ3n) is 3.29. The van der Waals surface area contributed by atoms with Crippen LogP contribution in [0, 0.1) is 0 Å². The quantitative estimate of drug-likeness (QED) is 0.826. The van der Waals surface area contributed by atoms with E-state index in [1.54, 1.807) is 7.11 Å². The molecule has 1 aromatic rings. The first kappa shape index (κ1) is 13.7. The summed E-state index contributed by atoms with van der Waals surface area (Å²) in [4.78, 5) is 13.9. The lowest BCUT2D eigenvalue weighted by Gasteiger charge is -2.26. The minimum absolute atomic E-state index is 0.178. The van der Waals surface area contributed by atoms with Crippen LogP contribution in [0.1, 0.15) is 12.0 Å². The van der Waals surface area contributed by atoms with Crippen LogP contribution in [-0.4, -0.2) is 44.2 Å². The van der Waals surface area contributed by atoms with E-state index < -0.39 is 0 Å². The van der Waals surface area contributed by atoms with E-state index in [-0.39, 0.29) is 5.91 Å². The summed E-state index contributed by atoms with van der Waals surface area (Å²) in [5.41, 5.74) is 7.51. The van der Waals surface area contributed by atoms with Gasteiger partial charge < -0.3 is 20.1 Å². The summed E-state index contributed by atoms with van der Waals surface area (Å²) in [7, 11) is 1.59. The molecule has 0 aromatic heterocycles. The Hall–Kier alpha value is -1.75. The van der Waals surface area contributed by atoms with Crippen LogP contribution in [0.15, 0.2) is 18.2 Å². The highest BCUT2D eigenvalue weighted by Gasteiger charge is 2.16. The predicted octanol–water partition coefficient (Wildman–Crippen LogP) is 1.07. The first-order chi connectivity index (χ1) is 9.20. The van der Waals surface area contributed by atoms with Gasteiger partial charge in [0.05, 0.1) is 26.0 Å². The van der Waals surface area contributed by atoms with E-state index in [1.807, 2.05) is 23.1 Å². The van der Waals surface area contributed by atoms with Gasteiger partial charge in [-0.05, 0) is 24.1 Å². The van der Waals surface area contributed by atoms with Gasteiger partial charge in [-0.2, -0.15) is 0 Å². The van der Waals surface area contributed by atoms with E-state index in [4.69, 9.17) is 15.2 Å². The number of aryl methyl sites for hydroxylation is 1. The first-order valence-electron chi connectivity index (χ1n) is 6.48. The first-order valence-corrected chi connectivity index (χ1v) is 6.48. The minimum atomic E-state index is 0.178. The Labute approximate surface area is 113 Å². The van der Waals surface area contributed by atoms with Gasteiger partial charge in [-0.3, -0.25) is 4.79 Å². The highest BCUT2D eigenvalue weighted by atomic mass is 16.5. The molecule has 104 valence electrons. The van der Waals surface area contributed by atoms with Crippen molar-refractivity contribution in [3.8, 4) is 5.75 Å². The number of anilines is 1. The Kier molecular flexibility index (Phi) is 4.63. The molecule has 1 aliphatic rings. The van der Waals surface area contributed by atoms with Gasteiger partial charge in [0.2, 0.25) is 5.91 Å². The van der Waals surface area contributed by atoms with E-state index in [1.165, 1.54) is 0 Å². The smallest absolute Gasteiger partial charge is 0.223 e. The SMILES string of the molecule is COc1ccc(CCC(=O)N2CCOCC2)cc1N. The number of carbonyl (C=O) groups excluding carboxylic acids is 1. The van der Waals surface area contributed by atoms with E-state index >= 15 is 0 Å². The summed E-state index contributed by atoms with van der Waals surface area (Å²) in [6, 6.07) is 5.65.